The Balaban J connectivity index is 1.26. The van der Waals surface area contributed by atoms with Crippen LogP contribution in [0.2, 0.25) is 0 Å². The molecule has 6 rings (SSSR count). The lowest BCUT2D eigenvalue weighted by Crippen LogP contribution is -2.59. The molecule has 2 aliphatic heterocycles. The number of esters is 3. The van der Waals surface area contributed by atoms with Gasteiger partial charge in [0.2, 0.25) is 0 Å². The predicted octanol–water partition coefficient (Wildman–Crippen LogP) is 4.50. The van der Waals surface area contributed by atoms with Crippen molar-refractivity contribution in [2.45, 2.75) is 50.9 Å². The summed E-state index contributed by atoms with van der Waals surface area (Å²) in [7, 11) is 1.60. The second-order valence-corrected chi connectivity index (χ2v) is 10.9. The monoisotopic (exact) mass is 506 g/mol. The Morgan fingerprint density at radius 2 is 1.86 bits per heavy atom. The van der Waals surface area contributed by atoms with E-state index in [1.807, 2.05) is 30.3 Å². The molecular formula is C29H30O8. The Kier molecular flexibility index (Phi) is 5.85. The fraction of sp³-hybridized carbons (Fsp3) is 0.483. The molecule has 2 aromatic rings. The van der Waals surface area contributed by atoms with E-state index in [1.54, 1.807) is 25.7 Å². The van der Waals surface area contributed by atoms with Crippen molar-refractivity contribution >= 4 is 24.0 Å². The van der Waals surface area contributed by atoms with E-state index >= 15 is 0 Å². The molecule has 0 spiro atoms. The van der Waals surface area contributed by atoms with E-state index in [1.165, 1.54) is 6.08 Å². The first kappa shape index (κ1) is 23.8. The zero-order chi connectivity index (χ0) is 25.7. The first-order valence-corrected chi connectivity index (χ1v) is 12.8. The van der Waals surface area contributed by atoms with Gasteiger partial charge < -0.3 is 23.4 Å². The average molecular weight is 507 g/mol. The van der Waals surface area contributed by atoms with Crippen LogP contribution in [0.1, 0.15) is 49.8 Å². The van der Waals surface area contributed by atoms with Crippen molar-refractivity contribution < 1.29 is 37.7 Å². The number of carbonyl (C=O) groups excluding carboxylic acids is 3. The Morgan fingerprint density at radius 1 is 1.05 bits per heavy atom. The standard InChI is InChI=1S/C29H30O8/c1-29-14-24(17-9-10-34-15-17)37-28(32)22(29)13-23(26-20-11-19(12-21(26)29)35-27(20)31)36-25(30)8-5-16-3-6-18(33-2)7-4-16/h3-10,15,19-24,26H,11-14H2,1-2H3/t19-,20+,21+,22+,23-,24-,26+,29-/m0/s1. The number of cyclic esters (lactones) is 1. The summed E-state index contributed by atoms with van der Waals surface area (Å²) in [5, 5.41) is 0. The molecule has 4 aliphatic rings. The van der Waals surface area contributed by atoms with Crippen molar-refractivity contribution in [1.82, 2.24) is 0 Å². The van der Waals surface area contributed by atoms with Gasteiger partial charge in [-0.1, -0.05) is 19.1 Å². The second-order valence-electron chi connectivity index (χ2n) is 10.9. The van der Waals surface area contributed by atoms with Gasteiger partial charge >= 0.3 is 17.9 Å². The molecule has 2 saturated heterocycles. The van der Waals surface area contributed by atoms with Gasteiger partial charge in [0.1, 0.15) is 24.1 Å². The highest BCUT2D eigenvalue weighted by molar-refractivity contribution is 5.87. The van der Waals surface area contributed by atoms with E-state index in [2.05, 4.69) is 6.92 Å². The molecule has 8 nitrogen and oxygen atoms in total. The van der Waals surface area contributed by atoms with Crippen LogP contribution >= 0.6 is 0 Å². The maximum Gasteiger partial charge on any atom is 0.331 e. The molecule has 0 amide bonds. The lowest BCUT2D eigenvalue weighted by Gasteiger charge is -2.57. The topological polar surface area (TPSA) is 101 Å². The summed E-state index contributed by atoms with van der Waals surface area (Å²) in [5.41, 5.74) is 1.23. The lowest BCUT2D eigenvalue weighted by molar-refractivity contribution is -0.207. The van der Waals surface area contributed by atoms with E-state index in [0.717, 1.165) is 16.9 Å². The molecule has 8 heteroatoms. The molecule has 1 aromatic carbocycles. The maximum atomic E-state index is 13.3. The summed E-state index contributed by atoms with van der Waals surface area (Å²) in [5.74, 6) is -1.30. The van der Waals surface area contributed by atoms with Crippen LogP contribution in [0.25, 0.3) is 6.08 Å². The number of carbonyl (C=O) groups is 3. The smallest absolute Gasteiger partial charge is 0.331 e. The summed E-state index contributed by atoms with van der Waals surface area (Å²) >= 11 is 0. The van der Waals surface area contributed by atoms with E-state index < -0.39 is 29.5 Å². The largest absolute Gasteiger partial charge is 0.497 e. The van der Waals surface area contributed by atoms with E-state index in [9.17, 15) is 14.4 Å². The lowest BCUT2D eigenvalue weighted by atomic mass is 9.48. The zero-order valence-corrected chi connectivity index (χ0v) is 20.8. The van der Waals surface area contributed by atoms with Crippen LogP contribution in [0, 0.1) is 29.1 Å². The molecule has 8 atom stereocenters. The van der Waals surface area contributed by atoms with Crippen LogP contribution in [0.4, 0.5) is 0 Å². The Bertz CT molecular complexity index is 1220. The van der Waals surface area contributed by atoms with Gasteiger partial charge in [-0.2, -0.15) is 0 Å². The van der Waals surface area contributed by atoms with Crippen LogP contribution < -0.4 is 4.74 Å². The average Bonchev–Trinajstić information content (AvgIpc) is 3.52. The van der Waals surface area contributed by atoms with Crippen LogP contribution in [0.15, 0.2) is 53.4 Å². The minimum absolute atomic E-state index is 0.0212. The van der Waals surface area contributed by atoms with Gasteiger partial charge in [-0.3, -0.25) is 9.59 Å². The fourth-order valence-corrected chi connectivity index (χ4v) is 7.16. The Labute approximate surface area is 214 Å². The molecule has 37 heavy (non-hydrogen) atoms. The molecule has 4 fully saturated rings. The molecule has 2 aliphatic carbocycles. The molecule has 0 unspecified atom stereocenters. The summed E-state index contributed by atoms with van der Waals surface area (Å²) in [6, 6.07) is 9.13. The molecule has 2 bridgehead atoms. The number of ether oxygens (including phenoxy) is 4. The maximum absolute atomic E-state index is 13.3. The Morgan fingerprint density at radius 3 is 2.59 bits per heavy atom. The molecular weight excluding hydrogens is 476 g/mol. The van der Waals surface area contributed by atoms with Gasteiger partial charge in [-0.25, -0.2) is 4.79 Å². The van der Waals surface area contributed by atoms with Crippen LogP contribution in [-0.2, 0) is 28.6 Å². The first-order chi connectivity index (χ1) is 17.9. The van der Waals surface area contributed by atoms with Crippen LogP contribution in [-0.4, -0.2) is 37.2 Å². The van der Waals surface area contributed by atoms with Gasteiger partial charge in [0, 0.05) is 17.6 Å². The van der Waals surface area contributed by atoms with Crippen molar-refractivity contribution in [1.29, 1.82) is 0 Å². The number of benzene rings is 1. The van der Waals surface area contributed by atoms with Crippen LogP contribution in [0.5, 0.6) is 5.75 Å². The van der Waals surface area contributed by atoms with E-state index in [0.29, 0.717) is 25.7 Å². The quantitative estimate of drug-likeness (QED) is 0.332. The SMILES string of the molecule is COc1ccc(C=CC(=O)O[C@H]2C[C@@H]3C(=O)O[C@H](c4ccoc4)C[C@@]3(C)[C@@H]3C[C@@H]4C[C@@H](C(=O)O4)[C@@H]23)cc1. The summed E-state index contributed by atoms with van der Waals surface area (Å²) in [6.07, 6.45) is 7.33. The highest BCUT2D eigenvalue weighted by atomic mass is 16.6. The van der Waals surface area contributed by atoms with Crippen LogP contribution in [0.3, 0.4) is 0 Å². The Hall–Kier alpha value is -3.55. The van der Waals surface area contributed by atoms with Crippen molar-refractivity contribution in [3.8, 4) is 5.75 Å². The second kappa shape index (κ2) is 9.08. The molecule has 2 saturated carbocycles. The minimum Gasteiger partial charge on any atom is -0.497 e. The minimum atomic E-state index is -0.578. The number of methoxy groups -OCH3 is 1. The molecule has 3 heterocycles. The van der Waals surface area contributed by atoms with Crippen molar-refractivity contribution in [3.63, 3.8) is 0 Å². The van der Waals surface area contributed by atoms with Gasteiger partial charge in [0.25, 0.3) is 0 Å². The highest BCUT2D eigenvalue weighted by Gasteiger charge is 2.65. The zero-order valence-electron chi connectivity index (χ0n) is 20.8. The van der Waals surface area contributed by atoms with Gasteiger partial charge in [0.05, 0.1) is 31.5 Å². The normalized spacial score (nSPS) is 36.3. The first-order valence-electron chi connectivity index (χ1n) is 12.8. The van der Waals surface area contributed by atoms with Crippen molar-refractivity contribution in [3.05, 3.63) is 60.1 Å². The molecule has 194 valence electrons. The van der Waals surface area contributed by atoms with E-state index in [4.69, 9.17) is 23.4 Å². The third-order valence-electron chi connectivity index (χ3n) is 8.97. The molecule has 0 radical (unpaired) electrons. The number of rotatable bonds is 5. The van der Waals surface area contributed by atoms with Gasteiger partial charge in [0.15, 0.2) is 0 Å². The van der Waals surface area contributed by atoms with Gasteiger partial charge in [-0.15, -0.1) is 0 Å². The van der Waals surface area contributed by atoms with Gasteiger partial charge in [-0.05, 0) is 66.9 Å². The van der Waals surface area contributed by atoms with E-state index in [-0.39, 0.29) is 35.8 Å². The fourth-order valence-electron chi connectivity index (χ4n) is 7.16. The summed E-state index contributed by atoms with van der Waals surface area (Å²) in [4.78, 5) is 39.1. The third kappa shape index (κ3) is 4.12. The number of furan rings is 1. The number of hydrogen-bond donors (Lipinski definition) is 0. The van der Waals surface area contributed by atoms with Crippen molar-refractivity contribution in [2.75, 3.05) is 7.11 Å². The highest BCUT2D eigenvalue weighted by Crippen LogP contribution is 2.62. The molecule has 1 aromatic heterocycles. The number of fused-ring (bicyclic) bond motifs is 6. The summed E-state index contributed by atoms with van der Waals surface area (Å²) in [6.45, 7) is 2.12. The number of hydrogen-bond acceptors (Lipinski definition) is 8. The predicted molar refractivity (Wildman–Crippen MR) is 130 cm³/mol. The summed E-state index contributed by atoms with van der Waals surface area (Å²) < 4.78 is 27.9. The third-order valence-corrected chi connectivity index (χ3v) is 8.97. The van der Waals surface area contributed by atoms with Crippen molar-refractivity contribution in [2.24, 2.45) is 29.1 Å². The molecule has 0 N–H and O–H groups in total.